The summed E-state index contributed by atoms with van der Waals surface area (Å²) < 4.78 is 28.6. The average Bonchev–Trinajstić information content (AvgIpc) is 3.65. The third-order valence-corrected chi connectivity index (χ3v) is 8.99. The number of carbonyl (C=O) groups excluding carboxylic acids is 2. The molecule has 2 aliphatic heterocycles. The summed E-state index contributed by atoms with van der Waals surface area (Å²) in [5.41, 5.74) is 0.818. The van der Waals surface area contributed by atoms with Gasteiger partial charge < -0.3 is 9.80 Å². The highest BCUT2D eigenvalue weighted by molar-refractivity contribution is 7.97. The number of nitrogens with zero attached hydrogens (tertiary/aromatic N) is 4. The molecule has 1 saturated carbocycles. The number of aromatic nitrogens is 1. The van der Waals surface area contributed by atoms with Gasteiger partial charge in [-0.15, -0.1) is 0 Å². The van der Waals surface area contributed by atoms with E-state index in [-0.39, 0.29) is 24.9 Å². The van der Waals surface area contributed by atoms with Gasteiger partial charge in [0.05, 0.1) is 17.8 Å². The van der Waals surface area contributed by atoms with Crippen LogP contribution in [0, 0.1) is 0 Å². The minimum absolute atomic E-state index is 0.114. The number of carbonyl (C=O) groups is 2. The van der Waals surface area contributed by atoms with Gasteiger partial charge in [0.1, 0.15) is 18.2 Å². The topological polar surface area (TPSA) is 103 Å². The maximum atomic E-state index is 13.7. The van der Waals surface area contributed by atoms with E-state index >= 15 is 0 Å². The van der Waals surface area contributed by atoms with E-state index in [9.17, 15) is 18.0 Å². The van der Waals surface area contributed by atoms with Crippen molar-refractivity contribution in [3.63, 3.8) is 0 Å². The number of sulfonamides is 1. The fourth-order valence-corrected chi connectivity index (χ4v) is 6.97. The summed E-state index contributed by atoms with van der Waals surface area (Å²) in [7, 11) is -3.69. The first-order valence-electron chi connectivity index (χ1n) is 11.5. The fourth-order valence-electron chi connectivity index (χ4n) is 4.72. The van der Waals surface area contributed by atoms with Gasteiger partial charge in [0.15, 0.2) is 0 Å². The lowest BCUT2D eigenvalue weighted by molar-refractivity contribution is -0.166. The molecule has 0 bridgehead atoms. The number of hydrogen-bond acceptors (Lipinski definition) is 7. The van der Waals surface area contributed by atoms with E-state index in [4.69, 9.17) is 23.2 Å². The van der Waals surface area contributed by atoms with Crippen LogP contribution < -0.4 is 4.72 Å². The third-order valence-electron chi connectivity index (χ3n) is 6.44. The molecular formula is C23H25Cl2N5O4S2. The zero-order chi connectivity index (χ0) is 25.6. The molecule has 1 aliphatic carbocycles. The van der Waals surface area contributed by atoms with Crippen LogP contribution in [0.25, 0.3) is 0 Å². The second-order valence-electron chi connectivity index (χ2n) is 9.24. The Bertz CT molecular complexity index is 1280. The average molecular weight is 571 g/mol. The summed E-state index contributed by atoms with van der Waals surface area (Å²) >= 11 is 13.8. The first kappa shape index (κ1) is 25.7. The Balaban J connectivity index is 1.54. The van der Waals surface area contributed by atoms with Gasteiger partial charge in [-0.1, -0.05) is 29.3 Å². The molecule has 3 aliphatic rings. The molecule has 1 N–H and O–H groups in total. The molecule has 2 saturated heterocycles. The van der Waals surface area contributed by atoms with Gasteiger partial charge in [-0.3, -0.25) is 14.6 Å². The maximum absolute atomic E-state index is 13.7. The predicted molar refractivity (Wildman–Crippen MR) is 138 cm³/mol. The van der Waals surface area contributed by atoms with Gasteiger partial charge in [-0.05, 0) is 54.6 Å². The number of amides is 2. The summed E-state index contributed by atoms with van der Waals surface area (Å²) in [5, 5.41) is 0.942. The van der Waals surface area contributed by atoms with E-state index in [0.717, 1.165) is 24.7 Å². The largest absolute Gasteiger partial charge is 0.334 e. The molecule has 1 aromatic heterocycles. The molecule has 2 aromatic rings. The second-order valence-corrected chi connectivity index (χ2v) is 13.0. The Morgan fingerprint density at radius 2 is 1.92 bits per heavy atom. The number of piperazine rings is 1. The number of fused-ring (bicyclic) bond motifs is 1. The number of nitrogens with one attached hydrogen (secondary N) is 1. The number of hydrogen-bond donors (Lipinski definition) is 1. The molecule has 13 heteroatoms. The standard InChI is InChI=1S/C23H25Cl2N5O4S2/c1-36(33,34)27-18-12-29(35-20-7-4-15(24)10-17(20)25)21-13-28(16-5-6-16)23(32)19(30(21)22(18)31)9-14-3-2-8-26-11-14/h2-4,7-8,10-11,16,18-19,21,27H,5-6,9,12-13H2,1H3. The van der Waals surface area contributed by atoms with Crippen molar-refractivity contribution in [1.82, 2.24) is 23.8 Å². The van der Waals surface area contributed by atoms with Gasteiger partial charge >= 0.3 is 0 Å². The lowest BCUT2D eigenvalue weighted by Crippen LogP contribution is -2.74. The minimum Gasteiger partial charge on any atom is -0.334 e. The van der Waals surface area contributed by atoms with Crippen molar-refractivity contribution in [1.29, 1.82) is 0 Å². The summed E-state index contributed by atoms with van der Waals surface area (Å²) in [4.78, 5) is 35.7. The Morgan fingerprint density at radius 3 is 2.56 bits per heavy atom. The summed E-state index contributed by atoms with van der Waals surface area (Å²) in [6, 6.07) is 7.12. The SMILES string of the molecule is CS(=O)(=O)NC1CN(Sc2ccc(Cl)cc2Cl)C2CN(C3CC3)C(=O)C(Cc3cccnc3)N2C1=O. The highest BCUT2D eigenvalue weighted by Crippen LogP contribution is 2.40. The van der Waals surface area contributed by atoms with Crippen LogP contribution in [-0.4, -0.2) is 83.0 Å². The van der Waals surface area contributed by atoms with Crippen LogP contribution in [0.15, 0.2) is 47.6 Å². The van der Waals surface area contributed by atoms with Crippen molar-refractivity contribution in [2.45, 2.75) is 48.4 Å². The molecule has 192 valence electrons. The minimum atomic E-state index is -3.69. The molecule has 0 spiro atoms. The zero-order valence-electron chi connectivity index (χ0n) is 19.4. The van der Waals surface area contributed by atoms with E-state index in [1.54, 1.807) is 41.6 Å². The molecule has 5 rings (SSSR count). The smallest absolute Gasteiger partial charge is 0.246 e. The second kappa shape index (κ2) is 10.1. The highest BCUT2D eigenvalue weighted by atomic mass is 35.5. The number of halogens is 2. The zero-order valence-corrected chi connectivity index (χ0v) is 22.5. The lowest BCUT2D eigenvalue weighted by Gasteiger charge is -2.53. The van der Waals surface area contributed by atoms with E-state index in [0.29, 0.717) is 21.5 Å². The molecule has 2 amide bonds. The molecule has 3 unspecified atom stereocenters. The molecule has 3 heterocycles. The summed E-state index contributed by atoms with van der Waals surface area (Å²) in [5.74, 6) is -0.539. The van der Waals surface area contributed by atoms with Crippen molar-refractivity contribution >= 4 is 57.0 Å². The highest BCUT2D eigenvalue weighted by Gasteiger charge is 2.53. The molecule has 36 heavy (non-hydrogen) atoms. The first-order valence-corrected chi connectivity index (χ1v) is 14.9. The first-order chi connectivity index (χ1) is 17.1. The van der Waals surface area contributed by atoms with E-state index < -0.39 is 34.2 Å². The number of pyridine rings is 1. The van der Waals surface area contributed by atoms with Crippen molar-refractivity contribution in [3.05, 3.63) is 58.3 Å². The number of rotatable bonds is 7. The van der Waals surface area contributed by atoms with Crippen LogP contribution in [0.1, 0.15) is 18.4 Å². The van der Waals surface area contributed by atoms with Crippen molar-refractivity contribution in [2.75, 3.05) is 19.3 Å². The molecule has 9 nitrogen and oxygen atoms in total. The van der Waals surface area contributed by atoms with Crippen molar-refractivity contribution < 1.29 is 18.0 Å². The van der Waals surface area contributed by atoms with Crippen molar-refractivity contribution in [3.8, 4) is 0 Å². The monoisotopic (exact) mass is 569 g/mol. The molecule has 1 aromatic carbocycles. The van der Waals surface area contributed by atoms with E-state index in [1.165, 1.54) is 11.9 Å². The van der Waals surface area contributed by atoms with Crippen LogP contribution in [0.5, 0.6) is 0 Å². The summed E-state index contributed by atoms with van der Waals surface area (Å²) in [6.07, 6.45) is 6.03. The fraction of sp³-hybridized carbons (Fsp3) is 0.435. The maximum Gasteiger partial charge on any atom is 0.246 e. The Hall–Kier alpha value is -1.89. The Kier molecular flexibility index (Phi) is 7.23. The molecule has 0 radical (unpaired) electrons. The number of benzene rings is 1. The third kappa shape index (κ3) is 5.51. The Morgan fingerprint density at radius 1 is 1.14 bits per heavy atom. The van der Waals surface area contributed by atoms with Crippen molar-refractivity contribution in [2.24, 2.45) is 0 Å². The van der Waals surface area contributed by atoms with Gasteiger partial charge in [0, 0.05) is 41.3 Å². The quantitative estimate of drug-likeness (QED) is 0.510. The van der Waals surface area contributed by atoms with Crippen LogP contribution in [-0.2, 0) is 26.0 Å². The lowest BCUT2D eigenvalue weighted by atomic mass is 9.98. The molecule has 3 fully saturated rings. The molecule has 3 atom stereocenters. The van der Waals surface area contributed by atoms with Crippen LogP contribution in [0.3, 0.4) is 0 Å². The van der Waals surface area contributed by atoms with Gasteiger partial charge in [0.25, 0.3) is 0 Å². The summed E-state index contributed by atoms with van der Waals surface area (Å²) in [6.45, 7) is 0.450. The van der Waals surface area contributed by atoms with Crippen LogP contribution >= 0.6 is 35.1 Å². The van der Waals surface area contributed by atoms with Gasteiger partial charge in [-0.2, -0.15) is 0 Å². The normalized spacial score (nSPS) is 25.2. The molecular weight excluding hydrogens is 545 g/mol. The van der Waals surface area contributed by atoms with Crippen LogP contribution in [0.4, 0.5) is 0 Å². The van der Waals surface area contributed by atoms with Crippen LogP contribution in [0.2, 0.25) is 10.0 Å². The Labute approximate surface area is 224 Å². The van der Waals surface area contributed by atoms with Gasteiger partial charge in [0.2, 0.25) is 21.8 Å². The van der Waals surface area contributed by atoms with E-state index in [2.05, 4.69) is 9.71 Å². The van der Waals surface area contributed by atoms with Gasteiger partial charge in [-0.25, -0.2) is 17.4 Å². The predicted octanol–water partition coefficient (Wildman–Crippen LogP) is 2.40. The van der Waals surface area contributed by atoms with E-state index in [1.807, 2.05) is 15.3 Å².